The Labute approximate surface area is 196 Å². The van der Waals surface area contributed by atoms with Crippen molar-refractivity contribution in [2.45, 2.75) is 51.4 Å². The number of aromatic amines is 1. The molecule has 0 radical (unpaired) electrons. The van der Waals surface area contributed by atoms with Gasteiger partial charge in [-0.1, -0.05) is 54.6 Å². The van der Waals surface area contributed by atoms with Crippen LogP contribution in [0.3, 0.4) is 0 Å². The molecule has 3 rings (SSSR count). The van der Waals surface area contributed by atoms with Gasteiger partial charge in [-0.05, 0) is 44.4 Å². The van der Waals surface area contributed by atoms with Crippen molar-refractivity contribution in [3.63, 3.8) is 0 Å². The fourth-order valence-corrected chi connectivity index (χ4v) is 4.42. The molecule has 0 saturated heterocycles. The maximum absolute atomic E-state index is 12.9. The number of rotatable bonds is 7. The summed E-state index contributed by atoms with van der Waals surface area (Å²) in [5.41, 5.74) is 4.50. The predicted octanol–water partition coefficient (Wildman–Crippen LogP) is 4.22. The summed E-state index contributed by atoms with van der Waals surface area (Å²) in [6, 6.07) is 10.9. The van der Waals surface area contributed by atoms with Gasteiger partial charge in [0.15, 0.2) is 10.9 Å². The molecule has 0 fully saturated rings. The second kappa shape index (κ2) is 10.4. The highest BCUT2D eigenvalue weighted by molar-refractivity contribution is 8.00. The summed E-state index contributed by atoms with van der Waals surface area (Å²) in [5.74, 6) is -0.421. The molecule has 1 unspecified atom stereocenters. The molecule has 2 amide bonds. The monoisotopic (exact) mass is 465 g/mol. The molecule has 0 aliphatic heterocycles. The molecule has 1 atom stereocenters. The Balaban J connectivity index is 1.81. The summed E-state index contributed by atoms with van der Waals surface area (Å²) in [4.78, 5) is 39.9. The van der Waals surface area contributed by atoms with Gasteiger partial charge in [0.25, 0.3) is 5.56 Å². The summed E-state index contributed by atoms with van der Waals surface area (Å²) in [6.45, 7) is 9.23. The average Bonchev–Trinajstić information content (AvgIpc) is 2.74. The number of hydrogen-bond donors (Lipinski definition) is 3. The lowest BCUT2D eigenvalue weighted by Crippen LogP contribution is -2.26. The molecule has 2 aromatic carbocycles. The van der Waals surface area contributed by atoms with Gasteiger partial charge < -0.3 is 10.6 Å². The van der Waals surface area contributed by atoms with Crippen LogP contribution in [0.2, 0.25) is 0 Å². The van der Waals surface area contributed by atoms with Crippen molar-refractivity contribution in [2.24, 2.45) is 0 Å². The normalized spacial score (nSPS) is 11.7. The van der Waals surface area contributed by atoms with E-state index in [1.54, 1.807) is 24.3 Å². The lowest BCUT2D eigenvalue weighted by Gasteiger charge is -2.17. The van der Waals surface area contributed by atoms with Crippen LogP contribution in [0.5, 0.6) is 0 Å². The second-order valence-electron chi connectivity index (χ2n) is 7.81. The zero-order valence-electron chi connectivity index (χ0n) is 19.3. The van der Waals surface area contributed by atoms with Gasteiger partial charge in [0.2, 0.25) is 11.8 Å². The van der Waals surface area contributed by atoms with Crippen molar-refractivity contribution in [3.05, 3.63) is 63.4 Å². The average molecular weight is 466 g/mol. The third-order valence-corrected chi connectivity index (χ3v) is 6.25. The summed E-state index contributed by atoms with van der Waals surface area (Å²) in [6.07, 6.45) is 0.539. The SMILES string of the molecule is CCC(Sc1nnc(-c2ccccc2NC(C)=O)c(=O)[nH]1)C(=O)Nc1c(C)cc(C)cc1C. The van der Waals surface area contributed by atoms with Gasteiger partial charge in [0.05, 0.1) is 10.9 Å². The quantitative estimate of drug-likeness (QED) is 0.450. The zero-order valence-corrected chi connectivity index (χ0v) is 20.1. The number of anilines is 2. The van der Waals surface area contributed by atoms with Gasteiger partial charge in [-0.3, -0.25) is 19.4 Å². The Kier molecular flexibility index (Phi) is 7.65. The molecule has 0 aliphatic carbocycles. The van der Waals surface area contributed by atoms with Crippen molar-refractivity contribution in [3.8, 4) is 11.3 Å². The minimum Gasteiger partial charge on any atom is -0.326 e. The van der Waals surface area contributed by atoms with E-state index in [0.717, 1.165) is 34.1 Å². The van der Waals surface area contributed by atoms with E-state index in [-0.39, 0.29) is 22.7 Å². The molecule has 8 nitrogen and oxygen atoms in total. The molecular formula is C24H27N5O3S. The van der Waals surface area contributed by atoms with Crippen molar-refractivity contribution in [2.75, 3.05) is 10.6 Å². The van der Waals surface area contributed by atoms with E-state index in [4.69, 9.17) is 0 Å². The molecule has 0 aliphatic rings. The molecule has 172 valence electrons. The van der Waals surface area contributed by atoms with Crippen LogP contribution in [0.15, 0.2) is 46.3 Å². The molecule has 3 aromatic rings. The maximum Gasteiger partial charge on any atom is 0.278 e. The van der Waals surface area contributed by atoms with E-state index >= 15 is 0 Å². The largest absolute Gasteiger partial charge is 0.326 e. The standard InChI is InChI=1S/C24H27N5O3S/c1-6-19(22(31)26-20-14(3)11-13(2)12-15(20)4)33-24-27-23(32)21(28-29-24)17-9-7-8-10-18(17)25-16(5)30/h7-12,19H,6H2,1-5H3,(H,25,30)(H,26,31)(H,27,29,32). The van der Waals surface area contributed by atoms with Crippen LogP contribution in [0.4, 0.5) is 11.4 Å². The number of aryl methyl sites for hydroxylation is 3. The van der Waals surface area contributed by atoms with Crippen molar-refractivity contribution in [1.82, 2.24) is 15.2 Å². The Bertz CT molecular complexity index is 1230. The number of nitrogens with one attached hydrogen (secondary N) is 3. The Morgan fingerprint density at radius 3 is 2.33 bits per heavy atom. The highest BCUT2D eigenvalue weighted by atomic mass is 32.2. The van der Waals surface area contributed by atoms with Crippen molar-refractivity contribution >= 4 is 35.0 Å². The van der Waals surface area contributed by atoms with Gasteiger partial charge in [-0.2, -0.15) is 0 Å². The molecule has 33 heavy (non-hydrogen) atoms. The van der Waals surface area contributed by atoms with Crippen LogP contribution in [0.1, 0.15) is 37.0 Å². The van der Waals surface area contributed by atoms with Crippen LogP contribution in [-0.2, 0) is 9.59 Å². The van der Waals surface area contributed by atoms with E-state index < -0.39 is 10.8 Å². The van der Waals surface area contributed by atoms with E-state index in [2.05, 4.69) is 25.8 Å². The van der Waals surface area contributed by atoms with Crippen LogP contribution in [0, 0.1) is 20.8 Å². The van der Waals surface area contributed by atoms with E-state index in [9.17, 15) is 14.4 Å². The first-order chi connectivity index (χ1) is 15.7. The summed E-state index contributed by atoms with van der Waals surface area (Å²) < 4.78 is 0. The van der Waals surface area contributed by atoms with Gasteiger partial charge in [0, 0.05) is 18.2 Å². The van der Waals surface area contributed by atoms with Crippen LogP contribution >= 0.6 is 11.8 Å². The first-order valence-corrected chi connectivity index (χ1v) is 11.5. The Morgan fingerprint density at radius 1 is 1.06 bits per heavy atom. The summed E-state index contributed by atoms with van der Waals surface area (Å²) in [7, 11) is 0. The number of para-hydroxylation sites is 1. The van der Waals surface area contributed by atoms with Crippen molar-refractivity contribution in [1.29, 1.82) is 0 Å². The number of aromatic nitrogens is 3. The van der Waals surface area contributed by atoms with Gasteiger partial charge in [0.1, 0.15) is 0 Å². The molecular weight excluding hydrogens is 438 g/mol. The fraction of sp³-hybridized carbons (Fsp3) is 0.292. The summed E-state index contributed by atoms with van der Waals surface area (Å²) in [5, 5.41) is 13.7. The highest BCUT2D eigenvalue weighted by Crippen LogP contribution is 2.27. The molecule has 1 heterocycles. The number of carbonyl (C=O) groups excluding carboxylic acids is 2. The number of carbonyl (C=O) groups is 2. The number of thioether (sulfide) groups is 1. The number of benzene rings is 2. The smallest absolute Gasteiger partial charge is 0.278 e. The first kappa shape index (κ1) is 24.2. The summed E-state index contributed by atoms with van der Waals surface area (Å²) >= 11 is 1.15. The van der Waals surface area contributed by atoms with Gasteiger partial charge in [-0.15, -0.1) is 10.2 Å². The van der Waals surface area contributed by atoms with Crippen LogP contribution in [0.25, 0.3) is 11.3 Å². The van der Waals surface area contributed by atoms with E-state index in [0.29, 0.717) is 17.7 Å². The zero-order chi connectivity index (χ0) is 24.1. The predicted molar refractivity (Wildman–Crippen MR) is 132 cm³/mol. The van der Waals surface area contributed by atoms with Gasteiger partial charge >= 0.3 is 0 Å². The van der Waals surface area contributed by atoms with E-state index in [1.165, 1.54) is 6.92 Å². The third kappa shape index (κ3) is 5.87. The molecule has 0 bridgehead atoms. The fourth-order valence-electron chi connectivity index (χ4n) is 3.58. The van der Waals surface area contributed by atoms with E-state index in [1.807, 2.05) is 39.8 Å². The van der Waals surface area contributed by atoms with Gasteiger partial charge in [-0.25, -0.2) is 0 Å². The molecule has 3 N–H and O–H groups in total. The third-order valence-electron chi connectivity index (χ3n) is 5.01. The van der Waals surface area contributed by atoms with Crippen molar-refractivity contribution < 1.29 is 9.59 Å². The molecule has 9 heteroatoms. The number of amides is 2. The Hall–Kier alpha value is -3.46. The lowest BCUT2D eigenvalue weighted by molar-refractivity contribution is -0.116. The molecule has 1 aromatic heterocycles. The highest BCUT2D eigenvalue weighted by Gasteiger charge is 2.22. The maximum atomic E-state index is 12.9. The number of nitrogens with zero attached hydrogens (tertiary/aromatic N) is 2. The number of H-pyrrole nitrogens is 1. The molecule has 0 spiro atoms. The Morgan fingerprint density at radius 2 is 1.73 bits per heavy atom. The minimum atomic E-state index is -0.465. The first-order valence-electron chi connectivity index (χ1n) is 10.6. The molecule has 0 saturated carbocycles. The lowest BCUT2D eigenvalue weighted by atomic mass is 10.0. The second-order valence-corrected chi connectivity index (χ2v) is 9.00. The van der Waals surface area contributed by atoms with Crippen LogP contribution < -0.4 is 16.2 Å². The van der Waals surface area contributed by atoms with Crippen LogP contribution in [-0.4, -0.2) is 32.2 Å². The minimum absolute atomic E-state index is 0.0899. The topological polar surface area (TPSA) is 117 Å². The number of hydrogen-bond acceptors (Lipinski definition) is 6.